The average Bonchev–Trinajstić information content (AvgIpc) is 2.93. The summed E-state index contributed by atoms with van der Waals surface area (Å²) in [7, 11) is 0. The zero-order valence-corrected chi connectivity index (χ0v) is 11.2. The van der Waals surface area contributed by atoms with Crippen molar-refractivity contribution in [1.29, 1.82) is 0 Å². The van der Waals surface area contributed by atoms with Crippen molar-refractivity contribution in [2.45, 2.75) is 13.5 Å². The summed E-state index contributed by atoms with van der Waals surface area (Å²) in [6.45, 7) is 3.14. The Hall–Kier alpha value is -2.14. The molecule has 0 aliphatic heterocycles. The first kappa shape index (κ1) is 14.3. The molecule has 2 aromatic rings. The summed E-state index contributed by atoms with van der Waals surface area (Å²) < 4.78 is 18.4. The molecule has 1 N–H and O–H groups in total. The van der Waals surface area contributed by atoms with Crippen LogP contribution in [0.2, 0.25) is 0 Å². The summed E-state index contributed by atoms with van der Waals surface area (Å²) in [6, 6.07) is 6.96. The molecule has 4 nitrogen and oxygen atoms in total. The second-order valence-corrected chi connectivity index (χ2v) is 4.47. The van der Waals surface area contributed by atoms with Crippen LogP contribution in [0.25, 0.3) is 0 Å². The van der Waals surface area contributed by atoms with Crippen molar-refractivity contribution in [2.24, 2.45) is 0 Å². The summed E-state index contributed by atoms with van der Waals surface area (Å²) in [6.07, 6.45) is 1.57. The number of hydrogen-bond donors (Lipinski definition) is 1. The first-order valence-corrected chi connectivity index (χ1v) is 6.36. The molecule has 1 aromatic carbocycles. The minimum absolute atomic E-state index is 0.00268. The van der Waals surface area contributed by atoms with Gasteiger partial charge in [-0.25, -0.2) is 4.39 Å². The lowest BCUT2D eigenvalue weighted by Crippen LogP contribution is -2.29. The van der Waals surface area contributed by atoms with Crippen molar-refractivity contribution in [2.75, 3.05) is 13.1 Å². The molecule has 0 fully saturated rings. The molecule has 0 radical (unpaired) electrons. The number of halogens is 1. The molecule has 0 aliphatic carbocycles. The minimum atomic E-state index is -0.541. The van der Waals surface area contributed by atoms with Crippen LogP contribution < -0.4 is 0 Å². The normalized spacial score (nSPS) is 10.9. The van der Waals surface area contributed by atoms with Crippen molar-refractivity contribution in [3.8, 4) is 5.75 Å². The predicted octanol–water partition coefficient (Wildman–Crippen LogP) is 2.83. The van der Waals surface area contributed by atoms with Gasteiger partial charge in [0.2, 0.25) is 0 Å². The Morgan fingerprint density at radius 2 is 2.20 bits per heavy atom. The highest BCUT2D eigenvalue weighted by molar-refractivity contribution is 5.99. The Balaban J connectivity index is 2.07. The standard InChI is InChI=1S/C15H16FNO3/c1-2-17(9-12-4-3-7-20-12)10-15(19)13-8-11(16)5-6-14(13)18/h3-8,18H,2,9-10H2,1H3. The number of ketones is 1. The van der Waals surface area contributed by atoms with Crippen LogP contribution in [0.5, 0.6) is 5.75 Å². The van der Waals surface area contributed by atoms with E-state index in [0.717, 1.165) is 17.9 Å². The summed E-state index contributed by atoms with van der Waals surface area (Å²) in [5, 5.41) is 9.62. The van der Waals surface area contributed by atoms with E-state index in [1.54, 1.807) is 12.3 Å². The summed E-state index contributed by atoms with van der Waals surface area (Å²) in [5.41, 5.74) is 0.00268. The van der Waals surface area contributed by atoms with E-state index >= 15 is 0 Å². The number of hydrogen-bond acceptors (Lipinski definition) is 4. The van der Waals surface area contributed by atoms with Crippen LogP contribution in [0.3, 0.4) is 0 Å². The Kier molecular flexibility index (Phi) is 4.53. The lowest BCUT2D eigenvalue weighted by Gasteiger charge is -2.18. The molecule has 2 rings (SSSR count). The molecule has 0 aliphatic rings. The Labute approximate surface area is 116 Å². The molecule has 5 heteroatoms. The number of aromatic hydroxyl groups is 1. The van der Waals surface area contributed by atoms with Gasteiger partial charge in [-0.05, 0) is 36.9 Å². The van der Waals surface area contributed by atoms with E-state index in [2.05, 4.69) is 0 Å². The third-order valence-electron chi connectivity index (χ3n) is 3.03. The molecule has 0 spiro atoms. The van der Waals surface area contributed by atoms with Gasteiger partial charge < -0.3 is 9.52 Å². The van der Waals surface area contributed by atoms with E-state index in [9.17, 15) is 14.3 Å². The number of carbonyl (C=O) groups is 1. The average molecular weight is 277 g/mol. The molecule has 0 unspecified atom stereocenters. The van der Waals surface area contributed by atoms with Gasteiger partial charge in [-0.2, -0.15) is 0 Å². The third kappa shape index (κ3) is 3.45. The lowest BCUT2D eigenvalue weighted by atomic mass is 10.1. The van der Waals surface area contributed by atoms with Gasteiger partial charge in [0, 0.05) is 0 Å². The van der Waals surface area contributed by atoms with Gasteiger partial charge in [0.15, 0.2) is 5.78 Å². The fraction of sp³-hybridized carbons (Fsp3) is 0.267. The van der Waals surface area contributed by atoms with Gasteiger partial charge in [0.05, 0.1) is 24.9 Å². The Bertz CT molecular complexity index is 581. The monoisotopic (exact) mass is 277 g/mol. The maximum absolute atomic E-state index is 13.1. The fourth-order valence-electron chi connectivity index (χ4n) is 1.92. The highest BCUT2D eigenvalue weighted by Crippen LogP contribution is 2.19. The minimum Gasteiger partial charge on any atom is -0.507 e. The largest absolute Gasteiger partial charge is 0.507 e. The molecular formula is C15H16FNO3. The first-order valence-electron chi connectivity index (χ1n) is 6.36. The molecule has 20 heavy (non-hydrogen) atoms. The lowest BCUT2D eigenvalue weighted by molar-refractivity contribution is 0.0922. The molecule has 0 saturated carbocycles. The van der Waals surface area contributed by atoms with Gasteiger partial charge in [0.1, 0.15) is 17.3 Å². The van der Waals surface area contributed by atoms with Gasteiger partial charge in [-0.3, -0.25) is 9.69 Å². The summed E-state index contributed by atoms with van der Waals surface area (Å²) in [5.74, 6) is -0.316. The van der Waals surface area contributed by atoms with E-state index < -0.39 is 5.82 Å². The van der Waals surface area contributed by atoms with Crippen molar-refractivity contribution in [3.05, 3.63) is 53.7 Å². The third-order valence-corrected chi connectivity index (χ3v) is 3.03. The number of phenolic OH excluding ortho intramolecular Hbond substituents is 1. The molecule has 1 aromatic heterocycles. The van der Waals surface area contributed by atoms with Crippen molar-refractivity contribution in [3.63, 3.8) is 0 Å². The number of carbonyl (C=O) groups excluding carboxylic acids is 1. The van der Waals surface area contributed by atoms with Gasteiger partial charge in [-0.15, -0.1) is 0 Å². The van der Waals surface area contributed by atoms with Crippen LogP contribution in [0.1, 0.15) is 23.0 Å². The first-order chi connectivity index (χ1) is 9.60. The maximum atomic E-state index is 13.1. The molecule has 0 saturated heterocycles. The second-order valence-electron chi connectivity index (χ2n) is 4.47. The van der Waals surface area contributed by atoms with E-state index in [4.69, 9.17) is 4.42 Å². The number of nitrogens with zero attached hydrogens (tertiary/aromatic N) is 1. The smallest absolute Gasteiger partial charge is 0.180 e. The molecular weight excluding hydrogens is 261 g/mol. The topological polar surface area (TPSA) is 53.7 Å². The van der Waals surface area contributed by atoms with E-state index in [-0.39, 0.29) is 23.6 Å². The number of phenols is 1. The van der Waals surface area contributed by atoms with E-state index in [1.165, 1.54) is 6.07 Å². The molecule has 106 valence electrons. The molecule has 1 heterocycles. The summed E-state index contributed by atoms with van der Waals surface area (Å²) in [4.78, 5) is 14.0. The number of furan rings is 1. The number of benzene rings is 1. The van der Waals surface area contributed by atoms with Crippen LogP contribution in [-0.4, -0.2) is 28.9 Å². The van der Waals surface area contributed by atoms with Gasteiger partial charge in [0.25, 0.3) is 0 Å². The highest BCUT2D eigenvalue weighted by atomic mass is 19.1. The zero-order chi connectivity index (χ0) is 14.5. The van der Waals surface area contributed by atoms with E-state index in [0.29, 0.717) is 13.1 Å². The second kappa shape index (κ2) is 6.34. The van der Waals surface area contributed by atoms with Gasteiger partial charge in [-0.1, -0.05) is 6.92 Å². The van der Waals surface area contributed by atoms with Crippen molar-refractivity contribution in [1.82, 2.24) is 4.90 Å². The number of likely N-dealkylation sites (N-methyl/N-ethyl adjacent to an activating group) is 1. The quantitative estimate of drug-likeness (QED) is 0.825. The highest BCUT2D eigenvalue weighted by Gasteiger charge is 2.16. The van der Waals surface area contributed by atoms with Crippen LogP contribution in [0, 0.1) is 5.82 Å². The van der Waals surface area contributed by atoms with Crippen molar-refractivity contribution >= 4 is 5.78 Å². The van der Waals surface area contributed by atoms with Gasteiger partial charge >= 0.3 is 0 Å². The van der Waals surface area contributed by atoms with E-state index in [1.807, 2.05) is 17.9 Å². The number of Topliss-reactive ketones (excluding diaryl/α,β-unsaturated/α-hetero) is 1. The fourth-order valence-corrected chi connectivity index (χ4v) is 1.92. The van der Waals surface area contributed by atoms with Crippen LogP contribution >= 0.6 is 0 Å². The Morgan fingerprint density at radius 3 is 2.85 bits per heavy atom. The SMILES string of the molecule is CCN(CC(=O)c1cc(F)ccc1O)Cc1ccco1. The molecule has 0 bridgehead atoms. The summed E-state index contributed by atoms with van der Waals surface area (Å²) >= 11 is 0. The maximum Gasteiger partial charge on any atom is 0.180 e. The zero-order valence-electron chi connectivity index (χ0n) is 11.2. The predicted molar refractivity (Wildman–Crippen MR) is 72.1 cm³/mol. The van der Waals surface area contributed by atoms with Crippen LogP contribution in [0.4, 0.5) is 4.39 Å². The van der Waals surface area contributed by atoms with Crippen molar-refractivity contribution < 1.29 is 18.7 Å². The Morgan fingerprint density at radius 1 is 1.40 bits per heavy atom. The van der Waals surface area contributed by atoms with Crippen LogP contribution in [-0.2, 0) is 6.54 Å². The molecule has 0 atom stereocenters. The number of rotatable bonds is 6. The molecule has 0 amide bonds. The van der Waals surface area contributed by atoms with Crippen LogP contribution in [0.15, 0.2) is 41.0 Å².